The molecule has 0 atom stereocenters. The minimum Gasteiger partial charge on any atom is -0.493 e. The van der Waals surface area contributed by atoms with Crippen LogP contribution in [0.1, 0.15) is 25.0 Å². The quantitative estimate of drug-likeness (QED) is 0.224. The van der Waals surface area contributed by atoms with E-state index in [0.29, 0.717) is 22.1 Å². The monoisotopic (exact) mass is 601 g/mol. The summed E-state index contributed by atoms with van der Waals surface area (Å²) in [6.07, 6.45) is 1.25. The summed E-state index contributed by atoms with van der Waals surface area (Å²) >= 11 is 9.09. The lowest BCUT2D eigenvalue weighted by atomic mass is 10.1. The van der Waals surface area contributed by atoms with Crippen LogP contribution in [0.4, 0.5) is 4.79 Å². The van der Waals surface area contributed by atoms with E-state index >= 15 is 0 Å². The Balaban J connectivity index is 1.79. The van der Waals surface area contributed by atoms with Crippen LogP contribution in [0.3, 0.4) is 0 Å². The number of rotatable bonds is 8. The molecule has 33 heavy (non-hydrogen) atoms. The standard InChI is InChI=1S/C23H21ClINO6S/c1-13(2)32-20(27)11-26-22(28)19(33-23(26)29)10-14-8-17(25)21(18(9-14)30-3)31-12-15-6-4-5-7-16(15)24/h4-10,13H,11-12H2,1-3H3/b19-10+. The van der Waals surface area contributed by atoms with Gasteiger partial charge in [-0.3, -0.25) is 19.3 Å². The Hall–Kier alpha value is -2.24. The fourth-order valence-electron chi connectivity index (χ4n) is 2.95. The van der Waals surface area contributed by atoms with Gasteiger partial charge in [-0.05, 0) is 78.0 Å². The molecule has 0 unspecified atom stereocenters. The minimum absolute atomic E-state index is 0.208. The summed E-state index contributed by atoms with van der Waals surface area (Å²) < 4.78 is 17.2. The zero-order valence-electron chi connectivity index (χ0n) is 18.1. The molecule has 2 aromatic carbocycles. The molecule has 7 nitrogen and oxygen atoms in total. The second-order valence-electron chi connectivity index (χ2n) is 7.22. The Kier molecular flexibility index (Phi) is 8.66. The maximum atomic E-state index is 12.7. The lowest BCUT2D eigenvalue weighted by Crippen LogP contribution is -2.35. The molecule has 174 valence electrons. The third-order valence-corrected chi connectivity index (χ3v) is 6.48. The van der Waals surface area contributed by atoms with Crippen molar-refractivity contribution in [2.24, 2.45) is 0 Å². The SMILES string of the molecule is COc1cc(/C=C2/SC(=O)N(CC(=O)OC(C)C)C2=O)cc(I)c1OCc1ccccc1Cl. The van der Waals surface area contributed by atoms with Gasteiger partial charge in [0.25, 0.3) is 11.1 Å². The normalized spacial score (nSPS) is 14.8. The molecule has 0 N–H and O–H groups in total. The summed E-state index contributed by atoms with van der Waals surface area (Å²) in [5.41, 5.74) is 1.49. The van der Waals surface area contributed by atoms with Crippen LogP contribution in [0.5, 0.6) is 11.5 Å². The van der Waals surface area contributed by atoms with E-state index in [9.17, 15) is 14.4 Å². The number of carbonyl (C=O) groups excluding carboxylic acids is 3. The Morgan fingerprint density at radius 2 is 1.97 bits per heavy atom. The number of esters is 1. The lowest BCUT2D eigenvalue weighted by molar-refractivity contribution is -0.149. The third kappa shape index (κ3) is 6.42. The van der Waals surface area contributed by atoms with Crippen LogP contribution in [0.25, 0.3) is 6.08 Å². The summed E-state index contributed by atoms with van der Waals surface area (Å²) in [5, 5.41) is 0.0874. The van der Waals surface area contributed by atoms with E-state index in [1.807, 2.05) is 24.3 Å². The van der Waals surface area contributed by atoms with E-state index in [4.69, 9.17) is 25.8 Å². The van der Waals surface area contributed by atoms with Crippen molar-refractivity contribution in [1.82, 2.24) is 4.90 Å². The van der Waals surface area contributed by atoms with Gasteiger partial charge in [0, 0.05) is 10.6 Å². The molecule has 0 bridgehead atoms. The van der Waals surface area contributed by atoms with Crippen LogP contribution >= 0.6 is 46.0 Å². The topological polar surface area (TPSA) is 82.1 Å². The van der Waals surface area contributed by atoms with Crippen molar-refractivity contribution in [2.45, 2.75) is 26.6 Å². The number of hydrogen-bond acceptors (Lipinski definition) is 7. The summed E-state index contributed by atoms with van der Waals surface area (Å²) in [7, 11) is 1.52. The summed E-state index contributed by atoms with van der Waals surface area (Å²) in [6, 6.07) is 10.9. The van der Waals surface area contributed by atoms with E-state index in [-0.39, 0.29) is 17.6 Å². The predicted octanol–water partition coefficient (Wildman–Crippen LogP) is 5.52. The van der Waals surface area contributed by atoms with E-state index < -0.39 is 23.7 Å². The van der Waals surface area contributed by atoms with Crippen molar-refractivity contribution in [2.75, 3.05) is 13.7 Å². The molecule has 2 aromatic rings. The molecule has 0 aliphatic carbocycles. The first-order valence-corrected chi connectivity index (χ1v) is 12.2. The van der Waals surface area contributed by atoms with Crippen molar-refractivity contribution < 1.29 is 28.6 Å². The number of imide groups is 1. The largest absolute Gasteiger partial charge is 0.493 e. The van der Waals surface area contributed by atoms with Crippen molar-refractivity contribution in [3.8, 4) is 11.5 Å². The van der Waals surface area contributed by atoms with Crippen LogP contribution in [0, 0.1) is 3.57 Å². The molecule has 0 spiro atoms. The van der Waals surface area contributed by atoms with Crippen LogP contribution < -0.4 is 9.47 Å². The molecule has 0 radical (unpaired) electrons. The number of nitrogens with zero attached hydrogens (tertiary/aromatic N) is 1. The Morgan fingerprint density at radius 1 is 1.24 bits per heavy atom. The van der Waals surface area contributed by atoms with Gasteiger partial charge in [-0.15, -0.1) is 0 Å². The zero-order valence-corrected chi connectivity index (χ0v) is 21.8. The van der Waals surface area contributed by atoms with E-state index in [0.717, 1.165) is 25.8 Å². The van der Waals surface area contributed by atoms with Crippen molar-refractivity contribution in [3.63, 3.8) is 0 Å². The van der Waals surface area contributed by atoms with Gasteiger partial charge in [-0.25, -0.2) is 0 Å². The Bertz CT molecular complexity index is 1120. The first kappa shape index (κ1) is 25.4. The van der Waals surface area contributed by atoms with E-state index in [1.165, 1.54) is 7.11 Å². The average Bonchev–Trinajstić information content (AvgIpc) is 3.00. The summed E-state index contributed by atoms with van der Waals surface area (Å²) in [4.78, 5) is 37.9. The molecule has 10 heteroatoms. The molecule has 1 aliphatic rings. The molecule has 1 saturated heterocycles. The molecule has 1 aliphatic heterocycles. The number of ether oxygens (including phenoxy) is 3. The van der Waals surface area contributed by atoms with E-state index in [2.05, 4.69) is 22.6 Å². The smallest absolute Gasteiger partial charge is 0.326 e. The van der Waals surface area contributed by atoms with E-state index in [1.54, 1.807) is 32.1 Å². The highest BCUT2D eigenvalue weighted by Crippen LogP contribution is 2.38. The molecular formula is C23H21ClINO6S. The first-order valence-electron chi connectivity index (χ1n) is 9.88. The fourth-order valence-corrected chi connectivity index (χ4v) is 4.76. The summed E-state index contributed by atoms with van der Waals surface area (Å²) in [5.74, 6) is -0.164. The molecule has 3 rings (SSSR count). The zero-order chi connectivity index (χ0) is 24.1. The van der Waals surface area contributed by atoms with Gasteiger partial charge in [0.05, 0.1) is 21.7 Å². The van der Waals surface area contributed by atoms with Crippen LogP contribution in [-0.4, -0.2) is 41.8 Å². The van der Waals surface area contributed by atoms with Gasteiger partial charge in [0.15, 0.2) is 11.5 Å². The number of hydrogen-bond donors (Lipinski definition) is 0. The van der Waals surface area contributed by atoms with Gasteiger partial charge < -0.3 is 14.2 Å². The van der Waals surface area contributed by atoms with Gasteiger partial charge in [0.1, 0.15) is 13.2 Å². The van der Waals surface area contributed by atoms with Crippen LogP contribution in [-0.2, 0) is 20.9 Å². The Morgan fingerprint density at radius 3 is 2.64 bits per heavy atom. The van der Waals surface area contributed by atoms with Gasteiger partial charge >= 0.3 is 5.97 Å². The second-order valence-corrected chi connectivity index (χ2v) is 9.78. The van der Waals surface area contributed by atoms with Gasteiger partial charge in [-0.1, -0.05) is 29.8 Å². The highest BCUT2D eigenvalue weighted by molar-refractivity contribution is 14.1. The highest BCUT2D eigenvalue weighted by atomic mass is 127. The number of amides is 2. The Labute approximate surface area is 214 Å². The number of methoxy groups -OCH3 is 1. The lowest BCUT2D eigenvalue weighted by Gasteiger charge is -2.14. The fraction of sp³-hybridized carbons (Fsp3) is 0.261. The predicted molar refractivity (Wildman–Crippen MR) is 135 cm³/mol. The number of carbonyl (C=O) groups is 3. The molecular weight excluding hydrogens is 581 g/mol. The van der Waals surface area contributed by atoms with Crippen LogP contribution in [0.15, 0.2) is 41.3 Å². The summed E-state index contributed by atoms with van der Waals surface area (Å²) in [6.45, 7) is 3.23. The van der Waals surface area contributed by atoms with Crippen LogP contribution in [0.2, 0.25) is 5.02 Å². The van der Waals surface area contributed by atoms with Gasteiger partial charge in [-0.2, -0.15) is 0 Å². The minimum atomic E-state index is -0.634. The van der Waals surface area contributed by atoms with Crippen molar-refractivity contribution >= 4 is 69.1 Å². The number of thioether (sulfide) groups is 1. The maximum Gasteiger partial charge on any atom is 0.326 e. The highest BCUT2D eigenvalue weighted by Gasteiger charge is 2.36. The second kappa shape index (κ2) is 11.3. The first-order chi connectivity index (χ1) is 15.7. The molecule has 0 saturated carbocycles. The van der Waals surface area contributed by atoms with Gasteiger partial charge in [0.2, 0.25) is 0 Å². The third-order valence-electron chi connectivity index (χ3n) is 4.41. The van der Waals surface area contributed by atoms with Crippen molar-refractivity contribution in [1.29, 1.82) is 0 Å². The number of halogens is 2. The molecule has 1 fully saturated rings. The molecule has 0 aromatic heterocycles. The maximum absolute atomic E-state index is 12.7. The number of benzene rings is 2. The molecule has 1 heterocycles. The van der Waals surface area contributed by atoms with Crippen molar-refractivity contribution in [3.05, 3.63) is 61.0 Å². The molecule has 2 amide bonds. The average molecular weight is 602 g/mol.